The van der Waals surface area contributed by atoms with E-state index < -0.39 is 108 Å². The molecule has 71 heavy (non-hydrogen) atoms. The quantitative estimate of drug-likeness (QED) is 0.0246. The van der Waals surface area contributed by atoms with E-state index in [-0.39, 0.29) is 71.8 Å². The van der Waals surface area contributed by atoms with Crippen molar-refractivity contribution in [1.82, 2.24) is 14.1 Å². The highest BCUT2D eigenvalue weighted by Gasteiger charge is 2.46. The molecular weight excluding hydrogens is 1120 g/mol. The molecule has 2 aromatic heterocycles. The second-order valence-electron chi connectivity index (χ2n) is 14.1. The summed E-state index contributed by atoms with van der Waals surface area (Å²) in [6.07, 6.45) is -4.64. The van der Waals surface area contributed by atoms with E-state index in [9.17, 15) is 56.6 Å². The number of carbonyl (C=O) groups excluding carboxylic acids is 1. The number of nitrogen functional groups attached to an aromatic ring is 1. The van der Waals surface area contributed by atoms with Crippen LogP contribution >= 0.6 is 68.5 Å². The molecule has 0 radical (unpaired) electrons. The molecule has 3 aliphatic rings. The van der Waals surface area contributed by atoms with Gasteiger partial charge in [-0.3, -0.25) is 18.4 Å². The normalized spacial score (nSPS) is 24.8. The average molecular weight is 1170 g/mol. The summed E-state index contributed by atoms with van der Waals surface area (Å²) in [4.78, 5) is 109. The molecule has 0 spiro atoms. The molecule has 5 heterocycles. The van der Waals surface area contributed by atoms with Gasteiger partial charge in [-0.05, 0) is 0 Å². The van der Waals surface area contributed by atoms with Gasteiger partial charge in [0.1, 0.15) is 54.0 Å². The van der Waals surface area contributed by atoms with Gasteiger partial charge in [-0.2, -0.15) is 22.2 Å². The van der Waals surface area contributed by atoms with Crippen molar-refractivity contribution in [3.05, 3.63) is 39.6 Å². The number of anilines is 1. The van der Waals surface area contributed by atoms with Crippen LogP contribution in [0.4, 0.5) is 11.6 Å². The molecular formula is C30H43N7O26P6S2. The van der Waals surface area contributed by atoms with Gasteiger partial charge in [0.15, 0.2) is 5.78 Å². The molecule has 2 aromatic rings. The van der Waals surface area contributed by atoms with Gasteiger partial charge in [-0.15, -0.1) is 0 Å². The molecule has 3 aliphatic heterocycles. The number of aliphatic imine (C=N–C) groups is 1. The lowest BCUT2D eigenvalue weighted by molar-refractivity contribution is -0.0543. The zero-order valence-corrected chi connectivity index (χ0v) is 42.9. The van der Waals surface area contributed by atoms with E-state index in [0.717, 1.165) is 26.2 Å². The number of carbonyl (C=O) groups is 1. The minimum Gasteiger partial charge on any atom is -0.387 e. The maximum Gasteiger partial charge on any atom is 0.490 e. The number of amidine groups is 1. The molecule has 396 valence electrons. The van der Waals surface area contributed by atoms with Crippen molar-refractivity contribution >= 4 is 91.8 Å². The third-order valence-corrected chi connectivity index (χ3v) is 18.3. The first-order chi connectivity index (χ1) is 32.9. The van der Waals surface area contributed by atoms with Gasteiger partial charge < -0.3 is 79.9 Å². The molecule has 0 bridgehead atoms. The average Bonchev–Trinajstić information content (AvgIpc) is 3.92. The summed E-state index contributed by atoms with van der Waals surface area (Å²) in [7, 11) is -32.5. The van der Waals surface area contributed by atoms with Crippen LogP contribution < -0.4 is 22.9 Å². The third-order valence-electron chi connectivity index (χ3n) is 8.94. The number of ether oxygens (including phenoxy) is 4. The fourth-order valence-electron chi connectivity index (χ4n) is 6.39. The lowest BCUT2D eigenvalue weighted by Crippen LogP contribution is -2.29. The number of phosphoric ester groups is 2. The zero-order valence-electron chi connectivity index (χ0n) is 35.9. The molecule has 2 saturated heterocycles. The van der Waals surface area contributed by atoms with Gasteiger partial charge >= 0.3 is 52.6 Å². The van der Waals surface area contributed by atoms with Crippen LogP contribution in [0.3, 0.4) is 0 Å². The minimum absolute atomic E-state index is 0.0426. The Labute approximate surface area is 407 Å². The van der Waals surface area contributed by atoms with Crippen molar-refractivity contribution in [2.45, 2.75) is 69.5 Å². The van der Waals surface area contributed by atoms with E-state index in [4.69, 9.17) is 64.8 Å². The van der Waals surface area contributed by atoms with E-state index in [0.29, 0.717) is 6.42 Å². The van der Waals surface area contributed by atoms with Gasteiger partial charge in [-0.1, -0.05) is 52.2 Å². The van der Waals surface area contributed by atoms with Crippen LogP contribution in [0.1, 0.15) is 66.5 Å². The van der Waals surface area contributed by atoms with Gasteiger partial charge in [0, 0.05) is 31.7 Å². The van der Waals surface area contributed by atoms with Crippen LogP contribution in [0.25, 0.3) is 0 Å². The van der Waals surface area contributed by atoms with Gasteiger partial charge in [-0.25, -0.2) is 37.2 Å². The SMILES string of the molecule is CCC#Cc1cn([C@H]2CC(OCSSCOC3C[C@H](n4cc(C#CCN)c5c4N=C(N)CC5=O)O[C@@H]3COP(=O)(O)OP(=O)(O)OP(=O)(O)O)[C@@H](COP(=O)(O)OP(=O)(O)OP(=O)(O)O)O2)c(=O)nc1N. The fourth-order valence-corrected chi connectivity index (χ4v) is 13.8. The molecule has 5 rings (SSSR count). The summed E-state index contributed by atoms with van der Waals surface area (Å²) in [5.41, 5.74) is 16.9. The van der Waals surface area contributed by atoms with Crippen LogP contribution in [0.5, 0.6) is 0 Å². The topological polar surface area (TPSA) is 504 Å². The number of hydrogen-bond acceptors (Lipinski definition) is 25. The number of Topliss-reactive ketones (excluding diaryl/α,β-unsaturated/α-hetero) is 1. The first-order valence-corrected chi connectivity index (χ1v) is 30.9. The summed E-state index contributed by atoms with van der Waals surface area (Å²) in [5, 5.41) is 0. The number of nitrogens with two attached hydrogens (primary N) is 3. The molecule has 0 saturated carbocycles. The molecule has 41 heteroatoms. The first kappa shape index (κ1) is 59.4. The number of aromatic nitrogens is 3. The van der Waals surface area contributed by atoms with Crippen molar-refractivity contribution in [2.75, 3.05) is 37.4 Å². The van der Waals surface area contributed by atoms with E-state index >= 15 is 0 Å². The Morgan fingerprint density at radius 1 is 0.718 bits per heavy atom. The van der Waals surface area contributed by atoms with Gasteiger partial charge in [0.25, 0.3) is 0 Å². The number of nitrogens with zero attached hydrogens (tertiary/aromatic N) is 4. The van der Waals surface area contributed by atoms with Crippen molar-refractivity contribution < 1.29 is 117 Å². The van der Waals surface area contributed by atoms with Crippen LogP contribution in [0.2, 0.25) is 0 Å². The predicted octanol–water partition coefficient (Wildman–Crippen LogP) is 1.30. The van der Waals surface area contributed by atoms with E-state index in [2.05, 4.69) is 50.9 Å². The number of hydrogen-bond donors (Lipinski definition) is 11. The van der Waals surface area contributed by atoms with E-state index in [1.807, 2.05) is 0 Å². The molecule has 10 atom stereocenters. The third kappa shape index (κ3) is 18.1. The van der Waals surface area contributed by atoms with Crippen LogP contribution in [0, 0.1) is 23.7 Å². The Morgan fingerprint density at radius 2 is 1.20 bits per heavy atom. The molecule has 6 unspecified atom stereocenters. The maximum atomic E-state index is 13.0. The van der Waals surface area contributed by atoms with Crippen molar-refractivity contribution in [1.29, 1.82) is 0 Å². The second-order valence-corrected chi connectivity index (χ2v) is 25.3. The predicted molar refractivity (Wildman–Crippen MR) is 242 cm³/mol. The molecule has 2 fully saturated rings. The highest BCUT2D eigenvalue weighted by Crippen LogP contribution is 2.67. The Balaban J connectivity index is 1.29. The number of phosphoric acid groups is 6. The summed E-state index contributed by atoms with van der Waals surface area (Å²) in [5.74, 6) is 9.85. The van der Waals surface area contributed by atoms with Crippen LogP contribution in [-0.4, -0.2) is 121 Å². The number of ketones is 1. The standard InChI is InChI=1S/C30H43N7O26P6S2/c1-2-3-5-18-12-37(30(39)35-28(18)33)26-10-21(23(59-26)14-57-67(48,49)63-69(52,53)61-65(43,44)45)55-16-71-70-15-54-20-9-25(36-11-17(6-4-7-31)27-19(38)8-24(32)34-29(27)36)58-22(20)13-56-66(46,47)62-68(50,51)60-64(40,41)42/h11-12,20-23,25-26H,2,7-10,13-16,31H2,1H3,(H2,32,34)(H,46,47)(H,48,49)(H,50,51)(H,52,53)(H2,33,35,39)(H2,40,41,42)(H2,43,44,45)/t20?,21?,22-,23-,25-,26-/m1/s1. The smallest absolute Gasteiger partial charge is 0.387 e. The summed E-state index contributed by atoms with van der Waals surface area (Å²) in [6.45, 7) is -0.219. The number of fused-ring (bicyclic) bond motifs is 1. The molecule has 0 aliphatic carbocycles. The van der Waals surface area contributed by atoms with E-state index in [1.54, 1.807) is 6.92 Å². The lowest BCUT2D eigenvalue weighted by atomic mass is 10.0. The largest absolute Gasteiger partial charge is 0.490 e. The minimum atomic E-state index is -5.89. The molecule has 0 amide bonds. The highest BCUT2D eigenvalue weighted by atomic mass is 33.1. The highest BCUT2D eigenvalue weighted by molar-refractivity contribution is 8.76. The monoisotopic (exact) mass is 1170 g/mol. The molecule has 33 nitrogen and oxygen atoms in total. The van der Waals surface area contributed by atoms with Crippen molar-refractivity contribution in [3.8, 4) is 23.7 Å². The summed E-state index contributed by atoms with van der Waals surface area (Å²) >= 11 is 0. The fraction of sp³-hybridized carbons (Fsp3) is 0.533. The van der Waals surface area contributed by atoms with E-state index in [1.165, 1.54) is 17.0 Å². The van der Waals surface area contributed by atoms with Crippen LogP contribution in [0.15, 0.2) is 22.2 Å². The first-order valence-electron chi connectivity index (χ1n) is 19.4. The van der Waals surface area contributed by atoms with Crippen molar-refractivity contribution in [2.24, 2.45) is 16.5 Å². The number of rotatable bonds is 23. The Kier molecular flexibility index (Phi) is 20.5. The van der Waals surface area contributed by atoms with Gasteiger partial charge in [0.05, 0.1) is 55.1 Å². The summed E-state index contributed by atoms with van der Waals surface area (Å²) < 4.78 is 122. The summed E-state index contributed by atoms with van der Waals surface area (Å²) in [6, 6.07) is 0. The van der Waals surface area contributed by atoms with Crippen molar-refractivity contribution in [3.63, 3.8) is 0 Å². The Bertz CT molecular complexity index is 2840. The molecule has 14 N–H and O–H groups in total. The lowest BCUT2D eigenvalue weighted by Gasteiger charge is -2.22. The second kappa shape index (κ2) is 24.5. The zero-order chi connectivity index (χ0) is 52.7. The molecule has 0 aromatic carbocycles. The van der Waals surface area contributed by atoms with Crippen LogP contribution in [-0.2, 0) is 72.6 Å². The Morgan fingerprint density at radius 3 is 1.68 bits per heavy atom. The van der Waals surface area contributed by atoms with Gasteiger partial charge in [0.2, 0.25) is 0 Å². The maximum absolute atomic E-state index is 13.0. The Hall–Kier alpha value is -2.46.